The van der Waals surface area contributed by atoms with E-state index in [1.54, 1.807) is 38.2 Å². The van der Waals surface area contributed by atoms with Crippen molar-refractivity contribution in [1.82, 2.24) is 14.3 Å². The van der Waals surface area contributed by atoms with E-state index in [1.807, 2.05) is 0 Å². The van der Waals surface area contributed by atoms with Crippen LogP contribution in [0, 0.1) is 6.92 Å². The van der Waals surface area contributed by atoms with Gasteiger partial charge in [-0.1, -0.05) is 6.07 Å². The van der Waals surface area contributed by atoms with Gasteiger partial charge in [-0.3, -0.25) is 9.78 Å². The van der Waals surface area contributed by atoms with E-state index >= 15 is 0 Å². The summed E-state index contributed by atoms with van der Waals surface area (Å²) in [5.41, 5.74) is 7.14. The molecule has 0 bridgehead atoms. The number of guanidine groups is 1. The van der Waals surface area contributed by atoms with Crippen LogP contribution in [0.15, 0.2) is 35.6 Å². The smallest absolute Gasteiger partial charge is 0.242 e. The number of nitrogens with two attached hydrogens (primary N) is 1. The molecule has 1 aromatic carbocycles. The molecule has 1 aromatic heterocycles. The number of hydrogen-bond acceptors (Lipinski definition) is 8. The van der Waals surface area contributed by atoms with Crippen molar-refractivity contribution >= 4 is 21.8 Å². The number of aromatic nitrogens is 2. The lowest BCUT2D eigenvalue weighted by Crippen LogP contribution is -2.56. The Kier molecular flexibility index (Phi) is 4.76. The number of hydrogen-bond donors (Lipinski definition) is 1. The first-order valence-corrected chi connectivity index (χ1v) is 11.0. The zero-order valence-electron chi connectivity index (χ0n) is 17.0. The lowest BCUT2D eigenvalue weighted by atomic mass is 9.86. The van der Waals surface area contributed by atoms with Crippen molar-refractivity contribution < 1.29 is 17.9 Å². The number of aliphatic imine (C=N–C) groups is 1. The van der Waals surface area contributed by atoms with Crippen LogP contribution >= 0.6 is 0 Å². The standard InChI is InChI=1S/C20H23N5O4S/c1-12-10-23-15(11-22-12)16(26)9-13-4-5-17-14(8-13)20(2)18(6-7-29-17)30(27,28)25(3)19(21)24-20/h4-5,8,10-11,18H,6-7,9H2,1-3H3,(H2,21,24)/t18-,20-/m1/s1. The Morgan fingerprint density at radius 1 is 1.33 bits per heavy atom. The molecule has 2 aliphatic rings. The van der Waals surface area contributed by atoms with Crippen molar-refractivity contribution in [2.24, 2.45) is 10.7 Å². The summed E-state index contributed by atoms with van der Waals surface area (Å²) < 4.78 is 32.9. The average molecular weight is 430 g/mol. The maximum absolute atomic E-state index is 13.0. The van der Waals surface area contributed by atoms with Gasteiger partial charge in [0.2, 0.25) is 16.0 Å². The molecule has 158 valence electrons. The number of carbonyl (C=O) groups excluding carboxylic acids is 1. The summed E-state index contributed by atoms with van der Waals surface area (Å²) in [6.45, 7) is 3.79. The second-order valence-electron chi connectivity index (χ2n) is 7.73. The number of aryl methyl sites for hydroxylation is 1. The number of ether oxygens (including phenoxy) is 1. The van der Waals surface area contributed by atoms with E-state index in [9.17, 15) is 13.2 Å². The highest BCUT2D eigenvalue weighted by atomic mass is 32.2. The molecule has 2 atom stereocenters. The Balaban J connectivity index is 1.76. The van der Waals surface area contributed by atoms with E-state index in [0.29, 0.717) is 16.9 Å². The third kappa shape index (κ3) is 3.20. The molecule has 0 aliphatic carbocycles. The van der Waals surface area contributed by atoms with Gasteiger partial charge < -0.3 is 10.5 Å². The van der Waals surface area contributed by atoms with E-state index in [1.165, 1.54) is 13.2 Å². The van der Waals surface area contributed by atoms with Gasteiger partial charge in [-0.2, -0.15) is 0 Å². The number of carbonyl (C=O) groups is 1. The SMILES string of the molecule is Cc1cnc(C(=O)Cc2ccc3c(c2)[C@@]2(C)N=C(N)N(C)S(=O)(=O)[C@@H]2CCO3)cn1. The Labute approximate surface area is 175 Å². The topological polar surface area (TPSA) is 128 Å². The van der Waals surface area contributed by atoms with Gasteiger partial charge in [0.15, 0.2) is 5.78 Å². The average Bonchev–Trinajstić information content (AvgIpc) is 2.84. The fourth-order valence-corrected chi connectivity index (χ4v) is 5.79. The maximum atomic E-state index is 13.0. The predicted molar refractivity (Wildman–Crippen MR) is 111 cm³/mol. The number of rotatable bonds is 3. The van der Waals surface area contributed by atoms with Crippen LogP contribution in [0.1, 0.15) is 40.7 Å². The van der Waals surface area contributed by atoms with E-state index in [2.05, 4.69) is 15.0 Å². The Morgan fingerprint density at radius 2 is 2.10 bits per heavy atom. The first-order valence-electron chi connectivity index (χ1n) is 9.54. The molecule has 0 unspecified atom stereocenters. The molecule has 2 N–H and O–H groups in total. The summed E-state index contributed by atoms with van der Waals surface area (Å²) in [7, 11) is -2.31. The van der Waals surface area contributed by atoms with Crippen LogP contribution in [0.2, 0.25) is 0 Å². The molecule has 0 saturated heterocycles. The van der Waals surface area contributed by atoms with Crippen LogP contribution in [-0.2, 0) is 22.0 Å². The lowest BCUT2D eigenvalue weighted by molar-refractivity contribution is 0.0987. The monoisotopic (exact) mass is 429 g/mol. The second kappa shape index (κ2) is 7.05. The van der Waals surface area contributed by atoms with Crippen LogP contribution in [0.4, 0.5) is 0 Å². The molecule has 2 aliphatic heterocycles. The van der Waals surface area contributed by atoms with E-state index in [-0.39, 0.29) is 36.9 Å². The minimum absolute atomic E-state index is 0.0713. The van der Waals surface area contributed by atoms with Crippen LogP contribution < -0.4 is 10.5 Å². The van der Waals surface area contributed by atoms with Gasteiger partial charge in [0.05, 0.1) is 18.5 Å². The molecule has 0 amide bonds. The van der Waals surface area contributed by atoms with Gasteiger partial charge in [-0.05, 0) is 31.5 Å². The number of Topliss-reactive ketones (excluding diaryl/α,β-unsaturated/α-hetero) is 1. The van der Waals surface area contributed by atoms with Crippen LogP contribution in [-0.4, -0.2) is 53.3 Å². The fraction of sp³-hybridized carbons (Fsp3) is 0.400. The molecule has 30 heavy (non-hydrogen) atoms. The quantitative estimate of drug-likeness (QED) is 0.725. The van der Waals surface area contributed by atoms with Gasteiger partial charge in [0, 0.05) is 31.6 Å². The van der Waals surface area contributed by atoms with E-state index in [0.717, 1.165) is 10.00 Å². The number of nitrogens with zero attached hydrogens (tertiary/aromatic N) is 4. The summed E-state index contributed by atoms with van der Waals surface area (Å²) in [6, 6.07) is 5.33. The third-order valence-corrected chi connectivity index (χ3v) is 8.06. The first kappa shape index (κ1) is 20.3. The molecule has 4 rings (SSSR count). The minimum atomic E-state index is -3.71. The van der Waals surface area contributed by atoms with Crippen LogP contribution in [0.25, 0.3) is 0 Å². The van der Waals surface area contributed by atoms with Crippen LogP contribution in [0.3, 0.4) is 0 Å². The van der Waals surface area contributed by atoms with Gasteiger partial charge in [-0.15, -0.1) is 0 Å². The lowest BCUT2D eigenvalue weighted by Gasteiger charge is -2.40. The largest absolute Gasteiger partial charge is 0.493 e. The minimum Gasteiger partial charge on any atom is -0.493 e. The van der Waals surface area contributed by atoms with Crippen molar-refractivity contribution in [3.8, 4) is 5.75 Å². The molecular formula is C20H23N5O4S. The van der Waals surface area contributed by atoms with Gasteiger partial charge in [0.25, 0.3) is 0 Å². The fourth-order valence-electron chi connectivity index (χ4n) is 3.95. The molecule has 0 radical (unpaired) electrons. The van der Waals surface area contributed by atoms with Crippen LogP contribution in [0.5, 0.6) is 5.75 Å². The zero-order valence-corrected chi connectivity index (χ0v) is 17.8. The summed E-state index contributed by atoms with van der Waals surface area (Å²) in [4.78, 5) is 25.4. The van der Waals surface area contributed by atoms with Gasteiger partial charge in [0.1, 0.15) is 22.2 Å². The Morgan fingerprint density at radius 3 is 2.80 bits per heavy atom. The molecule has 3 heterocycles. The number of sulfonamides is 1. The van der Waals surface area contributed by atoms with E-state index < -0.39 is 20.8 Å². The van der Waals surface area contributed by atoms with Gasteiger partial charge in [-0.25, -0.2) is 22.7 Å². The molecule has 0 saturated carbocycles. The number of fused-ring (bicyclic) bond motifs is 3. The van der Waals surface area contributed by atoms with Crippen molar-refractivity contribution in [3.63, 3.8) is 0 Å². The van der Waals surface area contributed by atoms with Crippen molar-refractivity contribution in [1.29, 1.82) is 0 Å². The molecule has 0 fully saturated rings. The molecule has 10 heteroatoms. The zero-order chi connectivity index (χ0) is 21.7. The van der Waals surface area contributed by atoms with Crippen molar-refractivity contribution in [2.45, 2.75) is 37.5 Å². The predicted octanol–water partition coefficient (Wildman–Crippen LogP) is 1.17. The molecule has 9 nitrogen and oxygen atoms in total. The maximum Gasteiger partial charge on any atom is 0.242 e. The molecular weight excluding hydrogens is 406 g/mol. The molecule has 2 aromatic rings. The highest BCUT2D eigenvalue weighted by Crippen LogP contribution is 2.45. The number of benzene rings is 1. The van der Waals surface area contributed by atoms with Crippen molar-refractivity contribution in [2.75, 3.05) is 13.7 Å². The Hall–Kier alpha value is -3.01. The molecule has 0 spiro atoms. The Bertz CT molecular complexity index is 1150. The first-order chi connectivity index (χ1) is 14.1. The van der Waals surface area contributed by atoms with Gasteiger partial charge >= 0.3 is 0 Å². The number of ketones is 1. The highest BCUT2D eigenvalue weighted by molar-refractivity contribution is 7.90. The summed E-state index contributed by atoms with van der Waals surface area (Å²) in [5, 5.41) is -0.822. The summed E-state index contributed by atoms with van der Waals surface area (Å²) in [5.74, 6) is 0.290. The van der Waals surface area contributed by atoms with E-state index in [4.69, 9.17) is 10.5 Å². The summed E-state index contributed by atoms with van der Waals surface area (Å²) in [6.07, 6.45) is 3.38. The third-order valence-electron chi connectivity index (χ3n) is 5.70. The summed E-state index contributed by atoms with van der Waals surface area (Å²) >= 11 is 0. The van der Waals surface area contributed by atoms with Crippen molar-refractivity contribution in [3.05, 3.63) is 53.1 Å². The highest BCUT2D eigenvalue weighted by Gasteiger charge is 2.52. The normalized spacial score (nSPS) is 24.7. The second-order valence-corrected chi connectivity index (χ2v) is 9.88.